The van der Waals surface area contributed by atoms with E-state index in [2.05, 4.69) is 11.9 Å². The zero-order valence-electron chi connectivity index (χ0n) is 20.8. The molecule has 5 rings (SSSR count). The Morgan fingerprint density at radius 1 is 1.25 bits per heavy atom. The third-order valence-corrected chi connectivity index (χ3v) is 8.86. The van der Waals surface area contributed by atoms with Crippen LogP contribution in [0.1, 0.15) is 57.9 Å². The van der Waals surface area contributed by atoms with Gasteiger partial charge in [0, 0.05) is 23.8 Å². The van der Waals surface area contributed by atoms with Crippen molar-refractivity contribution < 1.29 is 29.3 Å². The number of cyclic esters (lactones) is 1. The first-order chi connectivity index (χ1) is 17.1. The van der Waals surface area contributed by atoms with Crippen molar-refractivity contribution in [1.82, 2.24) is 4.98 Å². The summed E-state index contributed by atoms with van der Waals surface area (Å²) in [7, 11) is 0. The molecule has 1 aromatic carbocycles. The van der Waals surface area contributed by atoms with Gasteiger partial charge in [-0.25, -0.2) is 4.98 Å². The summed E-state index contributed by atoms with van der Waals surface area (Å²) in [5.74, 6) is -1.75. The van der Waals surface area contributed by atoms with Crippen LogP contribution < -0.4 is 0 Å². The SMILES string of the molecule is C/C(=C\c1nc2ccccc2s1)[C@@H]1C[C@@H]2O[C@]2(C)CCC[C@@H]2C=C(C(=O)[C@H](C)[C@H]2O)[C@@H](O)CC(=O)O1. The van der Waals surface area contributed by atoms with Gasteiger partial charge in [-0.3, -0.25) is 9.59 Å². The van der Waals surface area contributed by atoms with Crippen LogP contribution in [0.25, 0.3) is 16.3 Å². The standard InChI is InChI=1S/C28H33NO6S/c1-15(11-24-29-19-8-4-5-9-22(19)36-24)21-14-23-28(3,35-23)10-6-7-17-12-18(20(30)13-25(31)34-21)27(33)16(2)26(17)32/h4-5,8-9,11-12,16-17,20-21,23,26,30,32H,6-7,10,13-14H2,1-3H3/b15-11+/t16-,17-,20+,21+,23+,26-,28-/m1/s1. The smallest absolute Gasteiger partial charge is 0.309 e. The van der Waals surface area contributed by atoms with Crippen LogP contribution >= 0.6 is 11.3 Å². The lowest BCUT2D eigenvalue weighted by molar-refractivity contribution is -0.149. The molecule has 0 spiro atoms. The Kier molecular flexibility index (Phi) is 6.89. The summed E-state index contributed by atoms with van der Waals surface area (Å²) in [6.07, 6.45) is 3.47. The molecule has 1 fully saturated rings. The molecule has 0 radical (unpaired) electrons. The number of fused-ring (bicyclic) bond motifs is 3. The van der Waals surface area contributed by atoms with Gasteiger partial charge in [0.05, 0.1) is 40.6 Å². The number of hydrogen-bond donors (Lipinski definition) is 2. The molecule has 1 aliphatic carbocycles. The number of nitrogens with zero attached hydrogens (tertiary/aromatic N) is 1. The maximum Gasteiger partial charge on any atom is 0.309 e. The molecule has 0 unspecified atom stereocenters. The zero-order valence-corrected chi connectivity index (χ0v) is 21.7. The van der Waals surface area contributed by atoms with E-state index in [1.54, 1.807) is 24.3 Å². The van der Waals surface area contributed by atoms with Gasteiger partial charge in [-0.15, -0.1) is 11.3 Å². The van der Waals surface area contributed by atoms with Crippen LogP contribution in [0.5, 0.6) is 0 Å². The number of ketones is 1. The number of ether oxygens (including phenoxy) is 2. The third kappa shape index (κ3) is 5.05. The molecule has 0 saturated carbocycles. The lowest BCUT2D eigenvalue weighted by Crippen LogP contribution is -2.40. The van der Waals surface area contributed by atoms with E-state index < -0.39 is 30.2 Å². The molecule has 2 bridgehead atoms. The van der Waals surface area contributed by atoms with E-state index in [9.17, 15) is 19.8 Å². The lowest BCUT2D eigenvalue weighted by Gasteiger charge is -2.32. The molecule has 2 aliphatic heterocycles. The summed E-state index contributed by atoms with van der Waals surface area (Å²) in [6.45, 7) is 5.67. The van der Waals surface area contributed by atoms with Crippen LogP contribution in [0, 0.1) is 11.8 Å². The zero-order chi connectivity index (χ0) is 25.6. The molecule has 3 heterocycles. The molecule has 36 heavy (non-hydrogen) atoms. The normalized spacial score (nSPS) is 36.0. The van der Waals surface area contributed by atoms with Gasteiger partial charge in [0.1, 0.15) is 11.1 Å². The van der Waals surface area contributed by atoms with Gasteiger partial charge in [-0.2, -0.15) is 0 Å². The minimum atomic E-state index is -1.26. The number of aromatic nitrogens is 1. The molecule has 1 aromatic heterocycles. The van der Waals surface area contributed by atoms with E-state index in [0.29, 0.717) is 12.8 Å². The number of esters is 1. The maximum atomic E-state index is 12.9. The largest absolute Gasteiger partial charge is 0.458 e. The van der Waals surface area contributed by atoms with Crippen molar-refractivity contribution in [1.29, 1.82) is 0 Å². The first kappa shape index (κ1) is 25.3. The van der Waals surface area contributed by atoms with Crippen LogP contribution in [0.4, 0.5) is 0 Å². The first-order valence-corrected chi connectivity index (χ1v) is 13.5. The number of aliphatic hydroxyl groups excluding tert-OH is 2. The molecule has 1 saturated heterocycles. The van der Waals surface area contributed by atoms with Crippen molar-refractivity contribution >= 4 is 39.4 Å². The number of thiazole rings is 1. The predicted octanol–water partition coefficient (Wildman–Crippen LogP) is 4.22. The van der Waals surface area contributed by atoms with Crippen LogP contribution in [0.15, 0.2) is 41.5 Å². The number of benzene rings is 1. The summed E-state index contributed by atoms with van der Waals surface area (Å²) in [6, 6.07) is 7.93. The number of Topliss-reactive ketones (excluding diaryl/α,β-unsaturated/α-hetero) is 1. The molecular formula is C28H33NO6S. The van der Waals surface area contributed by atoms with Gasteiger partial charge in [0.15, 0.2) is 5.78 Å². The number of hydrogen-bond acceptors (Lipinski definition) is 8. The molecule has 192 valence electrons. The number of rotatable bonds is 2. The Balaban J connectivity index is 1.41. The second-order valence-corrected chi connectivity index (χ2v) is 11.6. The van der Waals surface area contributed by atoms with Crippen molar-refractivity contribution in [3.63, 3.8) is 0 Å². The van der Waals surface area contributed by atoms with Crippen molar-refractivity contribution in [3.05, 3.63) is 46.5 Å². The van der Waals surface area contributed by atoms with Crippen LogP contribution in [-0.4, -0.2) is 57.0 Å². The highest BCUT2D eigenvalue weighted by molar-refractivity contribution is 7.19. The van der Waals surface area contributed by atoms with Gasteiger partial charge >= 0.3 is 5.97 Å². The fraction of sp³-hybridized carbons (Fsp3) is 0.536. The number of epoxide rings is 1. The van der Waals surface area contributed by atoms with Crippen molar-refractivity contribution in [2.75, 3.05) is 0 Å². The molecule has 8 heteroatoms. The molecule has 7 atom stereocenters. The molecule has 2 aromatic rings. The average molecular weight is 512 g/mol. The highest BCUT2D eigenvalue weighted by Gasteiger charge is 2.53. The van der Waals surface area contributed by atoms with Gasteiger partial charge in [0.2, 0.25) is 0 Å². The first-order valence-electron chi connectivity index (χ1n) is 12.7. The molecule has 0 amide bonds. The van der Waals surface area contributed by atoms with Crippen molar-refractivity contribution in [2.45, 2.75) is 82.9 Å². The number of aliphatic hydroxyl groups is 2. The van der Waals surface area contributed by atoms with E-state index in [4.69, 9.17) is 9.47 Å². The minimum absolute atomic E-state index is 0.0511. The Morgan fingerprint density at radius 2 is 2.03 bits per heavy atom. The molecule has 2 N–H and O–H groups in total. The third-order valence-electron chi connectivity index (χ3n) is 7.88. The maximum absolute atomic E-state index is 12.9. The molecular weight excluding hydrogens is 478 g/mol. The Morgan fingerprint density at radius 3 is 2.81 bits per heavy atom. The summed E-state index contributed by atoms with van der Waals surface area (Å²) in [4.78, 5) is 30.4. The van der Waals surface area contributed by atoms with Crippen LogP contribution in [-0.2, 0) is 19.1 Å². The van der Waals surface area contributed by atoms with Crippen molar-refractivity contribution in [3.8, 4) is 0 Å². The van der Waals surface area contributed by atoms with E-state index in [0.717, 1.165) is 33.6 Å². The highest BCUT2D eigenvalue weighted by atomic mass is 32.1. The Labute approximate surface area is 214 Å². The summed E-state index contributed by atoms with van der Waals surface area (Å²) in [5.41, 5.74) is 1.68. The van der Waals surface area contributed by atoms with Gasteiger partial charge in [-0.05, 0) is 56.9 Å². The van der Waals surface area contributed by atoms with E-state index in [-0.39, 0.29) is 35.4 Å². The van der Waals surface area contributed by atoms with Crippen LogP contribution in [0.3, 0.4) is 0 Å². The number of para-hydroxylation sites is 1. The minimum Gasteiger partial charge on any atom is -0.458 e. The fourth-order valence-corrected chi connectivity index (χ4v) is 6.44. The van der Waals surface area contributed by atoms with Crippen LogP contribution in [0.2, 0.25) is 0 Å². The highest BCUT2D eigenvalue weighted by Crippen LogP contribution is 2.45. The van der Waals surface area contributed by atoms with Gasteiger partial charge in [-0.1, -0.05) is 25.1 Å². The Hall–Kier alpha value is -2.39. The van der Waals surface area contributed by atoms with E-state index in [1.807, 2.05) is 37.3 Å². The topological polar surface area (TPSA) is 109 Å². The number of carbonyl (C=O) groups is 2. The van der Waals surface area contributed by atoms with E-state index in [1.165, 1.54) is 0 Å². The van der Waals surface area contributed by atoms with Gasteiger partial charge in [0.25, 0.3) is 0 Å². The summed E-state index contributed by atoms with van der Waals surface area (Å²) < 4.78 is 13.0. The predicted molar refractivity (Wildman–Crippen MR) is 137 cm³/mol. The summed E-state index contributed by atoms with van der Waals surface area (Å²) in [5, 5.41) is 22.3. The molecule has 7 nitrogen and oxygen atoms in total. The van der Waals surface area contributed by atoms with Crippen molar-refractivity contribution in [2.24, 2.45) is 11.8 Å². The second-order valence-electron chi connectivity index (χ2n) is 10.6. The Bertz CT molecular complexity index is 1200. The monoisotopic (exact) mass is 511 g/mol. The lowest BCUT2D eigenvalue weighted by atomic mass is 9.75. The quantitative estimate of drug-likeness (QED) is 0.459. The van der Waals surface area contributed by atoms with Gasteiger partial charge < -0.3 is 19.7 Å². The average Bonchev–Trinajstić information content (AvgIpc) is 3.28. The molecule has 3 aliphatic rings. The second kappa shape index (κ2) is 9.82. The van der Waals surface area contributed by atoms with E-state index >= 15 is 0 Å². The summed E-state index contributed by atoms with van der Waals surface area (Å²) >= 11 is 1.57. The fourth-order valence-electron chi connectivity index (χ4n) is 5.46. The number of carbonyl (C=O) groups excluding carboxylic acids is 2.